The summed E-state index contributed by atoms with van der Waals surface area (Å²) in [5.41, 5.74) is 9.93. The van der Waals surface area contributed by atoms with Crippen molar-refractivity contribution in [1.29, 1.82) is 0 Å². The van der Waals surface area contributed by atoms with E-state index in [2.05, 4.69) is 127 Å². The van der Waals surface area contributed by atoms with E-state index < -0.39 is 0 Å². The molecule has 0 N–H and O–H groups in total. The molecule has 0 amide bonds. The van der Waals surface area contributed by atoms with Crippen molar-refractivity contribution in [2.45, 2.75) is 0 Å². The minimum atomic E-state index is 1.01. The Kier molecular flexibility index (Phi) is 5.87. The van der Waals surface area contributed by atoms with Gasteiger partial charge in [-0.2, -0.15) is 0 Å². The zero-order valence-electron chi connectivity index (χ0n) is 25.9. The SMILES string of the molecule is c1cnc2c(c1)ccc1cccc(-c3cc(-c4cccc5ccc6cccnc6c45)cc(-c4cccc5ccc6cccnc6c45)c3)c12. The lowest BCUT2D eigenvalue weighted by molar-refractivity contribution is 1.43. The molecule has 0 aliphatic heterocycles. The Morgan fingerprint density at radius 3 is 0.896 bits per heavy atom. The first-order valence-corrected chi connectivity index (χ1v) is 16.3. The number of benzene rings is 7. The molecule has 0 unspecified atom stereocenters. The number of nitrogens with zero attached hydrogens (tertiary/aromatic N) is 3. The molecule has 0 atom stereocenters. The molecular weight excluding hydrogens is 583 g/mol. The Bertz CT molecular complexity index is 2580. The average Bonchev–Trinajstić information content (AvgIpc) is 3.16. The lowest BCUT2D eigenvalue weighted by Gasteiger charge is -2.17. The number of hydrogen-bond donors (Lipinski definition) is 0. The third-order valence-corrected chi connectivity index (χ3v) is 9.71. The monoisotopic (exact) mass is 609 g/mol. The summed E-state index contributed by atoms with van der Waals surface area (Å²) in [4.78, 5) is 14.7. The number of rotatable bonds is 3. The molecule has 3 nitrogen and oxygen atoms in total. The second-order valence-corrected chi connectivity index (χ2v) is 12.4. The van der Waals surface area contributed by atoms with Crippen LogP contribution in [0.5, 0.6) is 0 Å². The number of aromatic nitrogens is 3. The average molecular weight is 610 g/mol. The van der Waals surface area contributed by atoms with Gasteiger partial charge in [0.2, 0.25) is 0 Å². The molecule has 3 heterocycles. The zero-order valence-corrected chi connectivity index (χ0v) is 25.9. The highest BCUT2D eigenvalue weighted by molar-refractivity contribution is 6.16. The molecule has 10 aromatic rings. The van der Waals surface area contributed by atoms with Gasteiger partial charge in [-0.25, -0.2) is 0 Å². The van der Waals surface area contributed by atoms with Gasteiger partial charge >= 0.3 is 0 Å². The van der Waals surface area contributed by atoms with E-state index in [9.17, 15) is 0 Å². The van der Waals surface area contributed by atoms with E-state index in [1.54, 1.807) is 0 Å². The summed E-state index contributed by atoms with van der Waals surface area (Å²) in [5, 5.41) is 10.4. The van der Waals surface area contributed by atoms with Crippen LogP contribution in [0.25, 0.3) is 98.4 Å². The first-order chi connectivity index (χ1) is 23.8. The second-order valence-electron chi connectivity index (χ2n) is 12.4. The topological polar surface area (TPSA) is 38.7 Å². The molecule has 10 rings (SSSR count). The normalized spacial score (nSPS) is 11.8. The van der Waals surface area contributed by atoms with Crippen LogP contribution in [0.15, 0.2) is 164 Å². The molecule has 0 saturated heterocycles. The van der Waals surface area contributed by atoms with Gasteiger partial charge in [-0.05, 0) is 85.9 Å². The minimum absolute atomic E-state index is 1.01. The standard InChI is InChI=1S/C45H27N3/c1-7-28-16-19-31-10-4-22-46-43(31)40(28)37(13-1)34-25-35(38-14-2-8-29-17-20-32-11-5-23-47-44(32)41(29)38)27-36(26-34)39-15-3-9-30-18-21-33-12-6-24-48-45(33)42(30)39/h1-27H. The fourth-order valence-corrected chi connectivity index (χ4v) is 7.56. The van der Waals surface area contributed by atoms with Gasteiger partial charge in [-0.3, -0.25) is 15.0 Å². The molecule has 3 heteroatoms. The van der Waals surface area contributed by atoms with Crippen molar-refractivity contribution in [1.82, 2.24) is 15.0 Å². The van der Waals surface area contributed by atoms with Crippen molar-refractivity contribution in [2.75, 3.05) is 0 Å². The van der Waals surface area contributed by atoms with Crippen molar-refractivity contribution in [3.05, 3.63) is 164 Å². The van der Waals surface area contributed by atoms with Crippen LogP contribution in [0.4, 0.5) is 0 Å². The van der Waals surface area contributed by atoms with Gasteiger partial charge in [0.25, 0.3) is 0 Å². The third-order valence-electron chi connectivity index (χ3n) is 9.71. The zero-order chi connectivity index (χ0) is 31.6. The predicted octanol–water partition coefficient (Wildman–Crippen LogP) is 11.8. The lowest BCUT2D eigenvalue weighted by Crippen LogP contribution is -1.92. The maximum atomic E-state index is 4.89. The summed E-state index contributed by atoms with van der Waals surface area (Å²) in [6.45, 7) is 0. The molecule has 0 spiro atoms. The predicted molar refractivity (Wildman–Crippen MR) is 201 cm³/mol. The quantitative estimate of drug-likeness (QED) is 0.187. The maximum absolute atomic E-state index is 4.89. The summed E-state index contributed by atoms with van der Waals surface area (Å²) in [6, 6.07) is 52.3. The Morgan fingerprint density at radius 1 is 0.271 bits per heavy atom. The summed E-state index contributed by atoms with van der Waals surface area (Å²) < 4.78 is 0. The summed E-state index contributed by atoms with van der Waals surface area (Å²) in [7, 11) is 0. The Balaban J connectivity index is 1.34. The van der Waals surface area contributed by atoms with Gasteiger partial charge in [-0.1, -0.05) is 109 Å². The maximum Gasteiger partial charge on any atom is 0.0786 e. The molecule has 0 saturated carbocycles. The summed E-state index contributed by atoms with van der Waals surface area (Å²) in [5.74, 6) is 0. The van der Waals surface area contributed by atoms with E-state index in [1.807, 2.05) is 36.8 Å². The third kappa shape index (κ3) is 4.11. The van der Waals surface area contributed by atoms with Crippen LogP contribution >= 0.6 is 0 Å². The van der Waals surface area contributed by atoms with E-state index in [4.69, 9.17) is 15.0 Å². The fraction of sp³-hybridized carbons (Fsp3) is 0. The highest BCUT2D eigenvalue weighted by Crippen LogP contribution is 2.42. The molecule has 48 heavy (non-hydrogen) atoms. The van der Waals surface area contributed by atoms with Crippen LogP contribution in [0.3, 0.4) is 0 Å². The van der Waals surface area contributed by atoms with Crippen molar-refractivity contribution < 1.29 is 0 Å². The molecule has 222 valence electrons. The molecule has 0 bridgehead atoms. The molecule has 7 aromatic carbocycles. The van der Waals surface area contributed by atoms with E-state index >= 15 is 0 Å². The second kappa shape index (κ2) is 10.5. The molecular formula is C45H27N3. The minimum Gasteiger partial charge on any atom is -0.256 e. The lowest BCUT2D eigenvalue weighted by atomic mass is 9.87. The molecule has 0 aliphatic rings. The highest BCUT2D eigenvalue weighted by atomic mass is 14.7. The van der Waals surface area contributed by atoms with Crippen LogP contribution in [0.2, 0.25) is 0 Å². The molecule has 0 fully saturated rings. The Morgan fingerprint density at radius 2 is 0.562 bits per heavy atom. The van der Waals surface area contributed by atoms with Gasteiger partial charge in [0.05, 0.1) is 16.6 Å². The van der Waals surface area contributed by atoms with E-state index in [1.165, 1.54) is 16.2 Å². The van der Waals surface area contributed by atoms with Crippen molar-refractivity contribution in [2.24, 2.45) is 0 Å². The first-order valence-electron chi connectivity index (χ1n) is 16.3. The van der Waals surface area contributed by atoms with E-state index in [-0.39, 0.29) is 0 Å². The van der Waals surface area contributed by atoms with Gasteiger partial charge in [-0.15, -0.1) is 0 Å². The van der Waals surface area contributed by atoms with Crippen molar-refractivity contribution in [3.8, 4) is 33.4 Å². The number of fused-ring (bicyclic) bond motifs is 9. The smallest absolute Gasteiger partial charge is 0.0786 e. The van der Waals surface area contributed by atoms with Crippen LogP contribution < -0.4 is 0 Å². The van der Waals surface area contributed by atoms with Gasteiger partial charge < -0.3 is 0 Å². The van der Waals surface area contributed by atoms with E-state index in [0.717, 1.165) is 82.2 Å². The molecule has 0 radical (unpaired) electrons. The number of hydrogen-bond acceptors (Lipinski definition) is 3. The Labute approximate surface area is 276 Å². The Hall–Kier alpha value is -6.45. The first kappa shape index (κ1) is 26.7. The van der Waals surface area contributed by atoms with E-state index in [0.29, 0.717) is 0 Å². The molecule has 3 aromatic heterocycles. The number of pyridine rings is 3. The van der Waals surface area contributed by atoms with Crippen molar-refractivity contribution >= 4 is 65.0 Å². The van der Waals surface area contributed by atoms with Crippen LogP contribution in [0, 0.1) is 0 Å². The van der Waals surface area contributed by atoms with Crippen LogP contribution in [-0.2, 0) is 0 Å². The van der Waals surface area contributed by atoms with Gasteiger partial charge in [0.15, 0.2) is 0 Å². The summed E-state index contributed by atoms with van der Waals surface area (Å²) >= 11 is 0. The van der Waals surface area contributed by atoms with Gasteiger partial charge in [0.1, 0.15) is 0 Å². The van der Waals surface area contributed by atoms with Crippen LogP contribution in [0.1, 0.15) is 0 Å². The van der Waals surface area contributed by atoms with Crippen LogP contribution in [-0.4, -0.2) is 15.0 Å². The highest BCUT2D eigenvalue weighted by Gasteiger charge is 2.17. The largest absolute Gasteiger partial charge is 0.256 e. The summed E-state index contributed by atoms with van der Waals surface area (Å²) in [6.07, 6.45) is 5.68. The van der Waals surface area contributed by atoms with Gasteiger partial charge in [0, 0.05) is 50.9 Å². The molecule has 0 aliphatic carbocycles. The van der Waals surface area contributed by atoms with Crippen molar-refractivity contribution in [3.63, 3.8) is 0 Å². The fourth-order valence-electron chi connectivity index (χ4n) is 7.56.